The van der Waals surface area contributed by atoms with Crippen LogP contribution in [0.2, 0.25) is 0 Å². The number of carbonyl (C=O) groups is 1. The molecule has 0 fully saturated rings. The first kappa shape index (κ1) is 20.5. The molecule has 1 aliphatic rings. The van der Waals surface area contributed by atoms with E-state index in [9.17, 15) is 9.18 Å². The lowest BCUT2D eigenvalue weighted by atomic mass is 10.1. The highest BCUT2D eigenvalue weighted by atomic mass is 32.1. The fourth-order valence-electron chi connectivity index (χ4n) is 3.77. The van der Waals surface area contributed by atoms with Gasteiger partial charge in [0.15, 0.2) is 11.5 Å². The van der Waals surface area contributed by atoms with Crippen LogP contribution in [0.5, 0.6) is 11.5 Å². The topological polar surface area (TPSA) is 65.4 Å². The number of rotatable bonds is 5. The third-order valence-electron chi connectivity index (χ3n) is 5.49. The molecule has 2 aromatic carbocycles. The van der Waals surface area contributed by atoms with Crippen LogP contribution in [0.3, 0.4) is 0 Å². The van der Waals surface area contributed by atoms with Crippen LogP contribution in [-0.2, 0) is 6.54 Å². The molecule has 1 amide bonds. The molecule has 5 rings (SSSR count). The number of amides is 1. The van der Waals surface area contributed by atoms with E-state index in [4.69, 9.17) is 9.47 Å². The standard InChI is InChI=1S/C24H22FN3O3S/c1-14(17-5-8-20-21(11-17)31-10-9-30-20)26-23(29)22-12-19-15(2)27-28(24(19)32-22)13-16-3-6-18(25)7-4-16/h3-8,11-12,14H,9-10,13H2,1-2H3,(H,26,29)/t14-/m0/s1. The molecule has 164 valence electrons. The highest BCUT2D eigenvalue weighted by Gasteiger charge is 2.20. The van der Waals surface area contributed by atoms with Gasteiger partial charge < -0.3 is 14.8 Å². The fourth-order valence-corrected chi connectivity index (χ4v) is 4.84. The monoisotopic (exact) mass is 451 g/mol. The zero-order chi connectivity index (χ0) is 22.2. The summed E-state index contributed by atoms with van der Waals surface area (Å²) in [6.45, 7) is 5.45. The van der Waals surface area contributed by atoms with E-state index in [1.165, 1.54) is 23.5 Å². The molecule has 32 heavy (non-hydrogen) atoms. The summed E-state index contributed by atoms with van der Waals surface area (Å²) >= 11 is 1.40. The highest BCUT2D eigenvalue weighted by molar-refractivity contribution is 7.20. The first-order valence-electron chi connectivity index (χ1n) is 10.4. The highest BCUT2D eigenvalue weighted by Crippen LogP contribution is 2.33. The maximum Gasteiger partial charge on any atom is 0.261 e. The van der Waals surface area contributed by atoms with Crippen molar-refractivity contribution in [2.45, 2.75) is 26.4 Å². The van der Waals surface area contributed by atoms with Gasteiger partial charge in [0.05, 0.1) is 23.2 Å². The molecular weight excluding hydrogens is 429 g/mol. The first-order chi connectivity index (χ1) is 15.5. The van der Waals surface area contributed by atoms with E-state index in [1.807, 2.05) is 42.8 Å². The van der Waals surface area contributed by atoms with Crippen molar-refractivity contribution in [3.8, 4) is 11.5 Å². The molecule has 1 aliphatic heterocycles. The van der Waals surface area contributed by atoms with Crippen LogP contribution in [0.1, 0.15) is 39.5 Å². The number of thiophene rings is 1. The average Bonchev–Trinajstić information content (AvgIpc) is 3.36. The van der Waals surface area contributed by atoms with E-state index >= 15 is 0 Å². The molecule has 8 heteroatoms. The van der Waals surface area contributed by atoms with Gasteiger partial charge in [-0.2, -0.15) is 5.10 Å². The number of nitrogens with one attached hydrogen (secondary N) is 1. The van der Waals surface area contributed by atoms with Gasteiger partial charge in [-0.05, 0) is 55.3 Å². The quantitative estimate of drug-likeness (QED) is 0.471. The Morgan fingerprint density at radius 2 is 1.91 bits per heavy atom. The summed E-state index contributed by atoms with van der Waals surface area (Å²) in [6.07, 6.45) is 0. The number of carbonyl (C=O) groups excluding carboxylic acids is 1. The predicted octanol–water partition coefficient (Wildman–Crippen LogP) is 4.86. The lowest BCUT2D eigenvalue weighted by Gasteiger charge is -2.21. The first-order valence-corrected chi connectivity index (χ1v) is 11.2. The molecule has 0 spiro atoms. The van der Waals surface area contributed by atoms with Crippen LogP contribution >= 0.6 is 11.3 Å². The van der Waals surface area contributed by atoms with Gasteiger partial charge in [-0.25, -0.2) is 4.39 Å². The van der Waals surface area contributed by atoms with Crippen molar-refractivity contribution in [2.75, 3.05) is 13.2 Å². The number of halogens is 1. The SMILES string of the molecule is Cc1nn(Cc2ccc(F)cc2)c2sc(C(=O)N[C@@H](C)c3ccc4c(c3)OCCO4)cc12. The van der Waals surface area contributed by atoms with Crippen molar-refractivity contribution >= 4 is 27.5 Å². The summed E-state index contributed by atoms with van der Waals surface area (Å²) in [4.78, 5) is 14.5. The summed E-state index contributed by atoms with van der Waals surface area (Å²) < 4.78 is 26.3. The van der Waals surface area contributed by atoms with E-state index in [2.05, 4.69) is 10.4 Å². The van der Waals surface area contributed by atoms with Gasteiger partial charge >= 0.3 is 0 Å². The predicted molar refractivity (Wildman–Crippen MR) is 121 cm³/mol. The van der Waals surface area contributed by atoms with Gasteiger partial charge in [-0.3, -0.25) is 9.48 Å². The Balaban J connectivity index is 1.35. The second-order valence-electron chi connectivity index (χ2n) is 7.80. The maximum atomic E-state index is 13.2. The summed E-state index contributed by atoms with van der Waals surface area (Å²) in [6, 6.07) is 13.8. The normalized spacial score (nSPS) is 13.8. The van der Waals surface area contributed by atoms with Gasteiger partial charge in [0, 0.05) is 5.39 Å². The number of aromatic nitrogens is 2. The lowest BCUT2D eigenvalue weighted by Crippen LogP contribution is -2.26. The summed E-state index contributed by atoms with van der Waals surface area (Å²) in [5.74, 6) is 1.02. The molecule has 0 radical (unpaired) electrons. The second kappa shape index (κ2) is 8.27. The van der Waals surface area contributed by atoms with Gasteiger partial charge in [-0.1, -0.05) is 18.2 Å². The third kappa shape index (κ3) is 3.93. The van der Waals surface area contributed by atoms with Crippen LogP contribution < -0.4 is 14.8 Å². The lowest BCUT2D eigenvalue weighted by molar-refractivity contribution is 0.0944. The molecular formula is C24H22FN3O3S. The number of nitrogens with zero attached hydrogens (tertiary/aromatic N) is 2. The Morgan fingerprint density at radius 1 is 1.16 bits per heavy atom. The second-order valence-corrected chi connectivity index (χ2v) is 8.83. The largest absolute Gasteiger partial charge is 0.486 e. The molecule has 1 N–H and O–H groups in total. The Morgan fingerprint density at radius 3 is 2.69 bits per heavy atom. The zero-order valence-electron chi connectivity index (χ0n) is 17.7. The molecule has 0 aliphatic carbocycles. The number of aryl methyl sites for hydroxylation is 1. The summed E-state index contributed by atoms with van der Waals surface area (Å²) in [5.41, 5.74) is 2.75. The van der Waals surface area contributed by atoms with Gasteiger partial charge in [0.2, 0.25) is 0 Å². The number of ether oxygens (including phenoxy) is 2. The van der Waals surface area contributed by atoms with Crippen LogP contribution in [0, 0.1) is 12.7 Å². The van der Waals surface area contributed by atoms with Crippen LogP contribution in [-0.4, -0.2) is 28.9 Å². The zero-order valence-corrected chi connectivity index (χ0v) is 18.5. The Hall–Kier alpha value is -3.39. The minimum Gasteiger partial charge on any atom is -0.486 e. The van der Waals surface area contributed by atoms with Crippen molar-refractivity contribution in [2.24, 2.45) is 0 Å². The average molecular weight is 452 g/mol. The van der Waals surface area contributed by atoms with Crippen LogP contribution in [0.25, 0.3) is 10.2 Å². The van der Waals surface area contributed by atoms with Crippen molar-refractivity contribution in [1.82, 2.24) is 15.1 Å². The van der Waals surface area contributed by atoms with E-state index in [-0.39, 0.29) is 17.8 Å². The van der Waals surface area contributed by atoms with E-state index in [0.29, 0.717) is 30.4 Å². The molecule has 0 saturated heterocycles. The van der Waals surface area contributed by atoms with Crippen LogP contribution in [0.15, 0.2) is 48.5 Å². The smallest absolute Gasteiger partial charge is 0.261 e. The van der Waals surface area contributed by atoms with Crippen molar-refractivity contribution in [3.05, 3.63) is 76.0 Å². The molecule has 0 saturated carbocycles. The van der Waals surface area contributed by atoms with Crippen LogP contribution in [0.4, 0.5) is 4.39 Å². The third-order valence-corrected chi connectivity index (χ3v) is 6.64. The molecule has 2 aromatic heterocycles. The minimum atomic E-state index is -0.266. The number of hydrogen-bond acceptors (Lipinski definition) is 5. The Labute approximate surface area is 188 Å². The van der Waals surface area contributed by atoms with E-state index in [1.54, 1.807) is 12.1 Å². The van der Waals surface area contributed by atoms with Crippen molar-refractivity contribution in [1.29, 1.82) is 0 Å². The number of hydrogen-bond donors (Lipinski definition) is 1. The van der Waals surface area contributed by atoms with Gasteiger partial charge in [0.1, 0.15) is 23.9 Å². The Bertz CT molecular complexity index is 1300. The molecule has 3 heterocycles. The Kier molecular flexibility index (Phi) is 5.30. The van der Waals surface area contributed by atoms with Crippen molar-refractivity contribution in [3.63, 3.8) is 0 Å². The molecule has 4 aromatic rings. The fraction of sp³-hybridized carbons (Fsp3) is 0.250. The molecule has 0 unspecified atom stereocenters. The van der Waals surface area contributed by atoms with Crippen molar-refractivity contribution < 1.29 is 18.7 Å². The van der Waals surface area contributed by atoms with Gasteiger partial charge in [-0.15, -0.1) is 11.3 Å². The number of benzene rings is 2. The van der Waals surface area contributed by atoms with Gasteiger partial charge in [0.25, 0.3) is 5.91 Å². The molecule has 0 bridgehead atoms. The number of fused-ring (bicyclic) bond motifs is 2. The van der Waals surface area contributed by atoms with E-state index in [0.717, 1.165) is 32.8 Å². The summed E-state index contributed by atoms with van der Waals surface area (Å²) in [7, 11) is 0. The summed E-state index contributed by atoms with van der Waals surface area (Å²) in [5, 5.41) is 8.61. The maximum absolute atomic E-state index is 13.2. The van der Waals surface area contributed by atoms with E-state index < -0.39 is 0 Å². The molecule has 6 nitrogen and oxygen atoms in total. The minimum absolute atomic E-state index is 0.138. The molecule has 1 atom stereocenters.